The fourth-order valence-corrected chi connectivity index (χ4v) is 1.93. The predicted octanol–water partition coefficient (Wildman–Crippen LogP) is 4.11. The van der Waals surface area contributed by atoms with Gasteiger partial charge in [-0.15, -0.1) is 0 Å². The van der Waals surface area contributed by atoms with Crippen LogP contribution in [-0.4, -0.2) is 17.1 Å². The van der Waals surface area contributed by atoms with Gasteiger partial charge in [-0.25, -0.2) is 0 Å². The SMILES string of the molecule is CC(=O)c1ccc(N=Cc2cc(Br)ccc2O)cc1. The van der Waals surface area contributed by atoms with Crippen LogP contribution in [0.15, 0.2) is 51.9 Å². The van der Waals surface area contributed by atoms with Crippen molar-refractivity contribution in [1.29, 1.82) is 0 Å². The van der Waals surface area contributed by atoms with Crippen molar-refractivity contribution in [3.8, 4) is 5.75 Å². The van der Waals surface area contributed by atoms with E-state index in [9.17, 15) is 9.90 Å². The Morgan fingerprint density at radius 1 is 1.21 bits per heavy atom. The second-order valence-electron chi connectivity index (χ2n) is 4.06. The van der Waals surface area contributed by atoms with E-state index in [2.05, 4.69) is 20.9 Å². The third-order valence-electron chi connectivity index (χ3n) is 2.62. The highest BCUT2D eigenvalue weighted by molar-refractivity contribution is 9.10. The number of halogens is 1. The van der Waals surface area contributed by atoms with Crippen LogP contribution in [0.1, 0.15) is 22.8 Å². The monoisotopic (exact) mass is 317 g/mol. The van der Waals surface area contributed by atoms with Gasteiger partial charge in [0, 0.05) is 21.8 Å². The lowest BCUT2D eigenvalue weighted by Gasteiger charge is -2.00. The molecule has 0 bridgehead atoms. The first-order valence-electron chi connectivity index (χ1n) is 5.70. The summed E-state index contributed by atoms with van der Waals surface area (Å²) < 4.78 is 0.874. The van der Waals surface area contributed by atoms with Crippen LogP contribution in [0.5, 0.6) is 5.75 Å². The number of phenols is 1. The summed E-state index contributed by atoms with van der Waals surface area (Å²) in [6.07, 6.45) is 1.59. The van der Waals surface area contributed by atoms with E-state index < -0.39 is 0 Å². The van der Waals surface area contributed by atoms with Gasteiger partial charge in [-0.1, -0.05) is 15.9 Å². The van der Waals surface area contributed by atoms with Crippen molar-refractivity contribution in [3.05, 3.63) is 58.1 Å². The molecule has 2 aromatic carbocycles. The first-order valence-corrected chi connectivity index (χ1v) is 6.49. The number of phenolic OH excluding ortho intramolecular Hbond substituents is 1. The van der Waals surface area contributed by atoms with Gasteiger partial charge in [-0.3, -0.25) is 9.79 Å². The lowest BCUT2D eigenvalue weighted by molar-refractivity contribution is 0.101. The van der Waals surface area contributed by atoms with Crippen molar-refractivity contribution >= 4 is 33.6 Å². The Labute approximate surface area is 119 Å². The number of aromatic hydroxyl groups is 1. The van der Waals surface area contributed by atoms with Crippen molar-refractivity contribution in [2.45, 2.75) is 6.92 Å². The molecule has 96 valence electrons. The van der Waals surface area contributed by atoms with E-state index in [0.717, 1.165) is 10.2 Å². The molecule has 0 unspecified atom stereocenters. The molecule has 0 aromatic heterocycles. The summed E-state index contributed by atoms with van der Waals surface area (Å²) in [7, 11) is 0. The van der Waals surface area contributed by atoms with Crippen molar-refractivity contribution in [3.63, 3.8) is 0 Å². The number of carbonyl (C=O) groups is 1. The molecule has 19 heavy (non-hydrogen) atoms. The minimum Gasteiger partial charge on any atom is -0.507 e. The zero-order valence-corrected chi connectivity index (χ0v) is 11.9. The fourth-order valence-electron chi connectivity index (χ4n) is 1.56. The van der Waals surface area contributed by atoms with E-state index in [1.165, 1.54) is 6.92 Å². The fraction of sp³-hybridized carbons (Fsp3) is 0.0667. The molecule has 0 aliphatic heterocycles. The Bertz CT molecular complexity index is 633. The number of nitrogens with zero attached hydrogens (tertiary/aromatic N) is 1. The Kier molecular flexibility index (Phi) is 4.12. The van der Waals surface area contributed by atoms with Crippen molar-refractivity contribution < 1.29 is 9.90 Å². The minimum atomic E-state index is 0.0279. The summed E-state index contributed by atoms with van der Waals surface area (Å²) in [5.74, 6) is 0.201. The summed E-state index contributed by atoms with van der Waals surface area (Å²) >= 11 is 3.34. The molecule has 4 heteroatoms. The lowest BCUT2D eigenvalue weighted by atomic mass is 10.1. The molecule has 0 fully saturated rings. The highest BCUT2D eigenvalue weighted by Crippen LogP contribution is 2.21. The summed E-state index contributed by atoms with van der Waals surface area (Å²) in [5.41, 5.74) is 2.01. The van der Waals surface area contributed by atoms with E-state index in [1.807, 2.05) is 0 Å². The Balaban J connectivity index is 2.22. The second-order valence-corrected chi connectivity index (χ2v) is 4.98. The first-order chi connectivity index (χ1) is 9.06. The molecule has 3 nitrogen and oxygen atoms in total. The maximum Gasteiger partial charge on any atom is 0.159 e. The highest BCUT2D eigenvalue weighted by Gasteiger charge is 2.00. The number of benzene rings is 2. The quantitative estimate of drug-likeness (QED) is 0.684. The van der Waals surface area contributed by atoms with Crippen LogP contribution in [-0.2, 0) is 0 Å². The number of aliphatic imine (C=N–C) groups is 1. The number of Topliss-reactive ketones (excluding diaryl/α,β-unsaturated/α-hetero) is 1. The summed E-state index contributed by atoms with van der Waals surface area (Å²) in [6, 6.07) is 12.1. The Morgan fingerprint density at radius 2 is 1.89 bits per heavy atom. The summed E-state index contributed by atoms with van der Waals surface area (Å²) in [6.45, 7) is 1.53. The van der Waals surface area contributed by atoms with Crippen LogP contribution in [0.25, 0.3) is 0 Å². The van der Waals surface area contributed by atoms with Crippen molar-refractivity contribution in [1.82, 2.24) is 0 Å². The third kappa shape index (κ3) is 3.51. The van der Waals surface area contributed by atoms with Crippen LogP contribution in [0, 0.1) is 0 Å². The summed E-state index contributed by atoms with van der Waals surface area (Å²) in [5, 5.41) is 9.67. The molecule has 0 saturated carbocycles. The van der Waals surface area contributed by atoms with Gasteiger partial charge in [0.25, 0.3) is 0 Å². The molecule has 2 aromatic rings. The number of hydrogen-bond donors (Lipinski definition) is 1. The normalized spacial score (nSPS) is 10.8. The number of carbonyl (C=O) groups excluding carboxylic acids is 1. The zero-order valence-electron chi connectivity index (χ0n) is 10.3. The van der Waals surface area contributed by atoms with Crippen LogP contribution >= 0.6 is 15.9 Å². The molecule has 0 aliphatic rings. The van der Waals surface area contributed by atoms with Gasteiger partial charge in [0.05, 0.1) is 5.69 Å². The molecular weight excluding hydrogens is 306 g/mol. The van der Waals surface area contributed by atoms with Gasteiger partial charge < -0.3 is 5.11 Å². The maximum absolute atomic E-state index is 11.1. The van der Waals surface area contributed by atoms with Crippen LogP contribution in [0.3, 0.4) is 0 Å². The average molecular weight is 318 g/mol. The molecule has 0 heterocycles. The largest absolute Gasteiger partial charge is 0.507 e. The third-order valence-corrected chi connectivity index (χ3v) is 3.11. The van der Waals surface area contributed by atoms with Crippen molar-refractivity contribution in [2.24, 2.45) is 4.99 Å². The number of rotatable bonds is 3. The molecule has 2 rings (SSSR count). The Morgan fingerprint density at radius 3 is 2.53 bits per heavy atom. The van der Waals surface area contributed by atoms with Gasteiger partial charge >= 0.3 is 0 Å². The van der Waals surface area contributed by atoms with E-state index >= 15 is 0 Å². The smallest absolute Gasteiger partial charge is 0.159 e. The number of hydrogen-bond acceptors (Lipinski definition) is 3. The predicted molar refractivity (Wildman–Crippen MR) is 79.5 cm³/mol. The standard InChI is InChI=1S/C15H12BrNO2/c1-10(18)11-2-5-14(6-3-11)17-9-12-8-13(16)4-7-15(12)19/h2-9,19H,1H3. The van der Waals surface area contributed by atoms with E-state index in [1.54, 1.807) is 48.7 Å². The minimum absolute atomic E-state index is 0.0279. The van der Waals surface area contributed by atoms with E-state index in [-0.39, 0.29) is 11.5 Å². The zero-order chi connectivity index (χ0) is 13.8. The van der Waals surface area contributed by atoms with E-state index in [4.69, 9.17) is 0 Å². The molecule has 0 spiro atoms. The van der Waals surface area contributed by atoms with Gasteiger partial charge in [-0.2, -0.15) is 0 Å². The molecule has 0 aliphatic carbocycles. The maximum atomic E-state index is 11.1. The van der Waals surface area contributed by atoms with Gasteiger partial charge in [0.2, 0.25) is 0 Å². The molecule has 0 amide bonds. The average Bonchev–Trinajstić information content (AvgIpc) is 2.40. The second kappa shape index (κ2) is 5.80. The van der Waals surface area contributed by atoms with Crippen molar-refractivity contribution in [2.75, 3.05) is 0 Å². The van der Waals surface area contributed by atoms with Crippen LogP contribution < -0.4 is 0 Å². The molecule has 0 radical (unpaired) electrons. The molecule has 0 atom stereocenters. The number of ketones is 1. The summed E-state index contributed by atoms with van der Waals surface area (Å²) in [4.78, 5) is 15.4. The van der Waals surface area contributed by atoms with Gasteiger partial charge in [0.1, 0.15) is 5.75 Å². The molecule has 1 N–H and O–H groups in total. The topological polar surface area (TPSA) is 49.7 Å². The first kappa shape index (κ1) is 13.5. The van der Waals surface area contributed by atoms with E-state index in [0.29, 0.717) is 11.1 Å². The van der Waals surface area contributed by atoms with Crippen LogP contribution in [0.4, 0.5) is 5.69 Å². The lowest BCUT2D eigenvalue weighted by Crippen LogP contribution is -1.89. The molecular formula is C15H12BrNO2. The Hall–Kier alpha value is -1.94. The highest BCUT2D eigenvalue weighted by atomic mass is 79.9. The molecule has 0 saturated heterocycles. The van der Waals surface area contributed by atoms with Gasteiger partial charge in [-0.05, 0) is 49.4 Å². The van der Waals surface area contributed by atoms with Gasteiger partial charge in [0.15, 0.2) is 5.78 Å². The van der Waals surface area contributed by atoms with Crippen LogP contribution in [0.2, 0.25) is 0 Å².